The lowest BCUT2D eigenvalue weighted by Gasteiger charge is -2.15. The number of nitrogens with one attached hydrogen (secondary N) is 1. The third-order valence-electron chi connectivity index (χ3n) is 3.81. The third kappa shape index (κ3) is 4.14. The van der Waals surface area contributed by atoms with Gasteiger partial charge in [-0.2, -0.15) is 0 Å². The molecule has 24 heavy (non-hydrogen) atoms. The van der Waals surface area contributed by atoms with Crippen LogP contribution in [0.2, 0.25) is 0 Å². The Bertz CT molecular complexity index is 842. The van der Waals surface area contributed by atoms with Gasteiger partial charge in [0.25, 0.3) is 5.91 Å². The van der Waals surface area contributed by atoms with E-state index in [-0.39, 0.29) is 16.8 Å². The van der Waals surface area contributed by atoms with Crippen LogP contribution < -0.4 is 10.1 Å². The summed E-state index contributed by atoms with van der Waals surface area (Å²) in [4.78, 5) is 12.6. The van der Waals surface area contributed by atoms with Crippen molar-refractivity contribution in [2.24, 2.45) is 0 Å². The maximum atomic E-state index is 12.4. The highest BCUT2D eigenvalue weighted by molar-refractivity contribution is 7.90. The highest BCUT2D eigenvalue weighted by Gasteiger charge is 2.14. The Labute approximate surface area is 142 Å². The zero-order valence-electron chi connectivity index (χ0n) is 14.2. The fraction of sp³-hybridized carbons (Fsp3) is 0.278. The van der Waals surface area contributed by atoms with E-state index in [1.807, 2.05) is 13.8 Å². The lowest BCUT2D eigenvalue weighted by atomic mass is 10.1. The van der Waals surface area contributed by atoms with Gasteiger partial charge in [-0.15, -0.1) is 0 Å². The van der Waals surface area contributed by atoms with Crippen molar-refractivity contribution in [1.82, 2.24) is 5.32 Å². The number of methoxy groups -OCH3 is 1. The molecular weight excluding hydrogens is 326 g/mol. The van der Waals surface area contributed by atoms with Gasteiger partial charge in [0.2, 0.25) is 0 Å². The van der Waals surface area contributed by atoms with Crippen LogP contribution in [-0.2, 0) is 9.84 Å². The molecular formula is C18H21NO4S. The molecule has 0 radical (unpaired) electrons. The molecule has 0 spiro atoms. The Kier molecular flexibility index (Phi) is 5.29. The Balaban J connectivity index is 2.12. The first-order valence-corrected chi connectivity index (χ1v) is 9.37. The van der Waals surface area contributed by atoms with Crippen LogP contribution in [0.25, 0.3) is 0 Å². The zero-order valence-corrected chi connectivity index (χ0v) is 15.0. The van der Waals surface area contributed by atoms with Crippen molar-refractivity contribution in [3.63, 3.8) is 0 Å². The summed E-state index contributed by atoms with van der Waals surface area (Å²) >= 11 is 0. The van der Waals surface area contributed by atoms with Gasteiger partial charge in [-0.25, -0.2) is 8.42 Å². The van der Waals surface area contributed by atoms with Crippen molar-refractivity contribution in [1.29, 1.82) is 0 Å². The minimum Gasteiger partial charge on any atom is -0.496 e. The minimum atomic E-state index is -3.22. The van der Waals surface area contributed by atoms with Gasteiger partial charge in [0, 0.05) is 11.8 Å². The first-order chi connectivity index (χ1) is 11.2. The van der Waals surface area contributed by atoms with Gasteiger partial charge < -0.3 is 10.1 Å². The van der Waals surface area contributed by atoms with Crippen LogP contribution in [0.3, 0.4) is 0 Å². The van der Waals surface area contributed by atoms with E-state index >= 15 is 0 Å². The summed E-state index contributed by atoms with van der Waals surface area (Å²) in [5, 5.41) is 2.91. The van der Waals surface area contributed by atoms with Crippen LogP contribution >= 0.6 is 0 Å². The van der Waals surface area contributed by atoms with Crippen LogP contribution in [0.5, 0.6) is 5.75 Å². The number of sulfone groups is 1. The molecule has 0 saturated heterocycles. The van der Waals surface area contributed by atoms with E-state index in [1.54, 1.807) is 49.6 Å². The SMILES string of the molecule is COc1ccc(C(=O)NC(C)c2ccc(S(C)(=O)=O)cc2)cc1C. The fourth-order valence-electron chi connectivity index (χ4n) is 2.39. The van der Waals surface area contributed by atoms with Crippen LogP contribution in [0.15, 0.2) is 47.4 Å². The maximum Gasteiger partial charge on any atom is 0.251 e. The molecule has 5 nitrogen and oxygen atoms in total. The molecule has 1 unspecified atom stereocenters. The second-order valence-corrected chi connectivity index (χ2v) is 7.74. The Morgan fingerprint density at radius 2 is 1.75 bits per heavy atom. The summed E-state index contributed by atoms with van der Waals surface area (Å²) in [6, 6.07) is 11.5. The van der Waals surface area contributed by atoms with E-state index in [9.17, 15) is 13.2 Å². The number of aryl methyl sites for hydroxylation is 1. The molecule has 6 heteroatoms. The van der Waals surface area contributed by atoms with Crippen molar-refractivity contribution in [2.45, 2.75) is 24.8 Å². The predicted octanol–water partition coefficient (Wildman–Crippen LogP) is 2.90. The zero-order chi connectivity index (χ0) is 17.9. The fourth-order valence-corrected chi connectivity index (χ4v) is 3.02. The molecule has 0 aliphatic rings. The highest BCUT2D eigenvalue weighted by Crippen LogP contribution is 2.20. The van der Waals surface area contributed by atoms with Crippen LogP contribution in [0, 0.1) is 6.92 Å². The van der Waals surface area contributed by atoms with Gasteiger partial charge in [-0.3, -0.25) is 4.79 Å². The number of amides is 1. The second kappa shape index (κ2) is 7.05. The van der Waals surface area contributed by atoms with E-state index in [1.165, 1.54) is 6.26 Å². The maximum absolute atomic E-state index is 12.4. The number of carbonyl (C=O) groups is 1. The first-order valence-electron chi connectivity index (χ1n) is 7.48. The average molecular weight is 347 g/mol. The lowest BCUT2D eigenvalue weighted by molar-refractivity contribution is 0.0939. The summed E-state index contributed by atoms with van der Waals surface area (Å²) < 4.78 is 28.1. The molecule has 0 bridgehead atoms. The monoisotopic (exact) mass is 347 g/mol. The second-order valence-electron chi connectivity index (χ2n) is 5.72. The number of hydrogen-bond acceptors (Lipinski definition) is 4. The van der Waals surface area contributed by atoms with Crippen molar-refractivity contribution >= 4 is 15.7 Å². The van der Waals surface area contributed by atoms with Gasteiger partial charge in [0.15, 0.2) is 9.84 Å². The molecule has 2 aromatic rings. The molecule has 0 heterocycles. The Morgan fingerprint density at radius 3 is 2.25 bits per heavy atom. The van der Waals surface area contributed by atoms with Crippen LogP contribution in [0.4, 0.5) is 0 Å². The van der Waals surface area contributed by atoms with Gasteiger partial charge in [-0.05, 0) is 55.3 Å². The molecule has 128 valence electrons. The molecule has 0 aromatic heterocycles. The standard InChI is InChI=1S/C18H21NO4S/c1-12-11-15(7-10-17(12)23-3)18(20)19-13(2)14-5-8-16(9-6-14)24(4,21)22/h5-11,13H,1-4H3,(H,19,20). The number of hydrogen-bond donors (Lipinski definition) is 1. The van der Waals surface area contributed by atoms with Gasteiger partial charge in [0.05, 0.1) is 18.0 Å². The van der Waals surface area contributed by atoms with Gasteiger partial charge in [-0.1, -0.05) is 12.1 Å². The average Bonchev–Trinajstić information content (AvgIpc) is 2.54. The van der Waals surface area contributed by atoms with E-state index in [2.05, 4.69) is 5.32 Å². The predicted molar refractivity (Wildman–Crippen MR) is 93.2 cm³/mol. The van der Waals surface area contributed by atoms with Crippen molar-refractivity contribution in [3.8, 4) is 5.75 Å². The number of carbonyl (C=O) groups excluding carboxylic acids is 1. The topological polar surface area (TPSA) is 72.5 Å². The van der Waals surface area contributed by atoms with Crippen molar-refractivity contribution in [3.05, 3.63) is 59.2 Å². The smallest absolute Gasteiger partial charge is 0.251 e. The van der Waals surface area contributed by atoms with E-state index in [4.69, 9.17) is 4.74 Å². The summed E-state index contributed by atoms with van der Waals surface area (Å²) in [5.74, 6) is 0.538. The van der Waals surface area contributed by atoms with Crippen molar-refractivity contribution in [2.75, 3.05) is 13.4 Å². The quantitative estimate of drug-likeness (QED) is 0.903. The number of ether oxygens (including phenoxy) is 1. The lowest BCUT2D eigenvalue weighted by Crippen LogP contribution is -2.26. The summed E-state index contributed by atoms with van der Waals surface area (Å²) in [7, 11) is -1.63. The highest BCUT2D eigenvalue weighted by atomic mass is 32.2. The van der Waals surface area contributed by atoms with E-state index in [0.29, 0.717) is 5.56 Å². The summed E-state index contributed by atoms with van der Waals surface area (Å²) in [5.41, 5.74) is 2.27. The Hall–Kier alpha value is -2.34. The molecule has 0 aliphatic carbocycles. The molecule has 1 atom stereocenters. The first kappa shape index (κ1) is 18.0. The molecule has 0 aliphatic heterocycles. The molecule has 1 amide bonds. The van der Waals surface area contributed by atoms with E-state index in [0.717, 1.165) is 16.9 Å². The van der Waals surface area contributed by atoms with E-state index < -0.39 is 9.84 Å². The third-order valence-corrected chi connectivity index (χ3v) is 4.94. The summed E-state index contributed by atoms with van der Waals surface area (Å²) in [6.45, 7) is 3.73. The molecule has 2 rings (SSSR count). The van der Waals surface area contributed by atoms with Gasteiger partial charge in [0.1, 0.15) is 5.75 Å². The summed E-state index contributed by atoms with van der Waals surface area (Å²) in [6.07, 6.45) is 1.17. The molecule has 2 aromatic carbocycles. The number of benzene rings is 2. The van der Waals surface area contributed by atoms with Crippen molar-refractivity contribution < 1.29 is 17.9 Å². The van der Waals surface area contributed by atoms with Gasteiger partial charge >= 0.3 is 0 Å². The molecule has 0 fully saturated rings. The van der Waals surface area contributed by atoms with Crippen LogP contribution in [-0.4, -0.2) is 27.7 Å². The molecule has 1 N–H and O–H groups in total. The van der Waals surface area contributed by atoms with Crippen LogP contribution in [0.1, 0.15) is 34.5 Å². The minimum absolute atomic E-state index is 0.194. The Morgan fingerprint density at radius 1 is 1.12 bits per heavy atom. The normalized spacial score (nSPS) is 12.5. The molecule has 0 saturated carbocycles. The largest absolute Gasteiger partial charge is 0.496 e. The number of rotatable bonds is 5.